The van der Waals surface area contributed by atoms with Crippen molar-refractivity contribution < 1.29 is 17.9 Å². The van der Waals surface area contributed by atoms with Crippen LogP contribution in [0.15, 0.2) is 24.3 Å². The summed E-state index contributed by atoms with van der Waals surface area (Å²) >= 11 is 0. The van der Waals surface area contributed by atoms with Crippen molar-refractivity contribution in [3.63, 3.8) is 0 Å². The highest BCUT2D eigenvalue weighted by Crippen LogP contribution is 2.14. The molecule has 0 bridgehead atoms. The molecule has 6 heteroatoms. The normalized spacial score (nSPS) is 10.5. The van der Waals surface area contributed by atoms with E-state index in [0.717, 1.165) is 0 Å². The van der Waals surface area contributed by atoms with Crippen molar-refractivity contribution in [1.29, 1.82) is 0 Å². The molecule has 1 rings (SSSR count). The van der Waals surface area contributed by atoms with Crippen molar-refractivity contribution in [1.82, 2.24) is 0 Å². The highest BCUT2D eigenvalue weighted by Gasteiger charge is 2.20. The van der Waals surface area contributed by atoms with Crippen molar-refractivity contribution in [2.24, 2.45) is 0 Å². The molecule has 84 valence electrons. The van der Waals surface area contributed by atoms with Gasteiger partial charge in [0.25, 0.3) is 0 Å². The van der Waals surface area contributed by atoms with E-state index in [2.05, 4.69) is 8.99 Å². The van der Waals surface area contributed by atoms with Crippen molar-refractivity contribution in [3.8, 4) is 0 Å². The fraction of sp³-hybridized carbons (Fsp3) is 0.200. The summed E-state index contributed by atoms with van der Waals surface area (Å²) in [5, 5.41) is 0. The molecule has 0 aromatic heterocycles. The predicted octanol–water partition coefficient (Wildman–Crippen LogP) is 1.22. The Hall–Kier alpha value is -1.87. The first-order valence-corrected chi connectivity index (χ1v) is 5.88. The summed E-state index contributed by atoms with van der Waals surface area (Å²) in [5.74, 6) is -1.10. The summed E-state index contributed by atoms with van der Waals surface area (Å²) in [6.45, 7) is 6.50. The van der Waals surface area contributed by atoms with E-state index in [-0.39, 0.29) is 11.1 Å². The van der Waals surface area contributed by atoms with Crippen LogP contribution in [0, 0.1) is 6.57 Å². The van der Waals surface area contributed by atoms with Crippen LogP contribution < -0.4 is 0 Å². The molecular formula is C10H9NO4S. The van der Waals surface area contributed by atoms with Gasteiger partial charge in [-0.3, -0.25) is 0 Å². The van der Waals surface area contributed by atoms with Crippen LogP contribution in [-0.2, 0) is 20.5 Å². The summed E-state index contributed by atoms with van der Waals surface area (Å²) in [5.41, 5.74) is 0.433. The largest absolute Gasteiger partial charge is 0.465 e. The Balaban J connectivity index is 3.16. The van der Waals surface area contributed by atoms with E-state index in [4.69, 9.17) is 6.57 Å². The van der Waals surface area contributed by atoms with Gasteiger partial charge in [-0.15, -0.1) is 0 Å². The molecule has 0 heterocycles. The molecule has 0 amide bonds. The lowest BCUT2D eigenvalue weighted by Crippen LogP contribution is -2.08. The van der Waals surface area contributed by atoms with Gasteiger partial charge in [-0.25, -0.2) is 11.4 Å². The van der Waals surface area contributed by atoms with Gasteiger partial charge in [0.15, 0.2) is 0 Å². The molecule has 0 fully saturated rings. The molecule has 5 nitrogen and oxygen atoms in total. The Morgan fingerprint density at radius 1 is 1.44 bits per heavy atom. The third-order valence-corrected chi connectivity index (χ3v) is 2.85. The maximum absolute atomic E-state index is 11.3. The number of esters is 1. The second-order valence-electron chi connectivity index (χ2n) is 2.97. The van der Waals surface area contributed by atoms with Gasteiger partial charge in [0.1, 0.15) is 5.75 Å². The number of hydrogen-bond acceptors (Lipinski definition) is 4. The van der Waals surface area contributed by atoms with Crippen LogP contribution in [0.25, 0.3) is 4.25 Å². The Morgan fingerprint density at radius 3 is 2.62 bits per heavy atom. The number of methoxy groups -OCH3 is 1. The van der Waals surface area contributed by atoms with Crippen molar-refractivity contribution >= 4 is 16.0 Å². The van der Waals surface area contributed by atoms with E-state index in [1.54, 1.807) is 12.1 Å². The molecule has 0 spiro atoms. The van der Waals surface area contributed by atoms with Gasteiger partial charge in [-0.05, 0) is 11.6 Å². The van der Waals surface area contributed by atoms with Gasteiger partial charge >= 0.3 is 16.0 Å². The van der Waals surface area contributed by atoms with E-state index in [9.17, 15) is 13.2 Å². The summed E-state index contributed by atoms with van der Waals surface area (Å²) in [4.78, 5) is 11.3. The SMILES string of the molecule is [C-]#[N+]S(=O)(=O)Cc1ccccc1C(=O)OC. The Morgan fingerprint density at radius 2 is 2.06 bits per heavy atom. The van der Waals surface area contributed by atoms with Gasteiger partial charge in [0.2, 0.25) is 0 Å². The molecule has 1 aromatic rings. The quantitative estimate of drug-likeness (QED) is 0.587. The van der Waals surface area contributed by atoms with Gasteiger partial charge in [-0.1, -0.05) is 18.2 Å². The van der Waals surface area contributed by atoms with E-state index in [1.807, 2.05) is 0 Å². The lowest BCUT2D eigenvalue weighted by molar-refractivity contribution is 0.0600. The van der Waals surface area contributed by atoms with E-state index < -0.39 is 21.7 Å². The highest BCUT2D eigenvalue weighted by molar-refractivity contribution is 7.92. The Kier molecular flexibility index (Phi) is 3.64. The summed E-state index contributed by atoms with van der Waals surface area (Å²) in [6.07, 6.45) is 0. The fourth-order valence-corrected chi connectivity index (χ4v) is 1.89. The molecular weight excluding hydrogens is 230 g/mol. The topological polar surface area (TPSA) is 64.8 Å². The first-order chi connectivity index (χ1) is 7.50. The van der Waals surface area contributed by atoms with E-state index in [1.165, 1.54) is 19.2 Å². The molecule has 0 saturated carbocycles. The summed E-state index contributed by atoms with van der Waals surface area (Å²) in [7, 11) is -2.64. The lowest BCUT2D eigenvalue weighted by Gasteiger charge is -2.03. The van der Waals surface area contributed by atoms with Crippen molar-refractivity contribution in [3.05, 3.63) is 46.2 Å². The Labute approximate surface area is 93.5 Å². The first kappa shape index (κ1) is 12.2. The average Bonchev–Trinajstić information content (AvgIpc) is 2.28. The monoisotopic (exact) mass is 239 g/mol. The van der Waals surface area contributed by atoms with Crippen molar-refractivity contribution in [2.45, 2.75) is 5.75 Å². The number of rotatable bonds is 3. The molecule has 0 saturated heterocycles. The second-order valence-corrected chi connectivity index (χ2v) is 4.60. The third kappa shape index (κ3) is 2.81. The molecule has 0 aliphatic heterocycles. The Bertz CT molecular complexity index is 542. The number of benzene rings is 1. The van der Waals surface area contributed by atoms with Gasteiger partial charge < -0.3 is 4.74 Å². The highest BCUT2D eigenvalue weighted by atomic mass is 32.2. The molecule has 0 N–H and O–H groups in total. The number of hydrogen-bond donors (Lipinski definition) is 0. The molecule has 0 atom stereocenters. The molecule has 16 heavy (non-hydrogen) atoms. The third-order valence-electron chi connectivity index (χ3n) is 1.90. The van der Waals surface area contributed by atoms with Crippen LogP contribution in [0.1, 0.15) is 15.9 Å². The maximum atomic E-state index is 11.3. The number of ether oxygens (including phenoxy) is 1. The zero-order valence-electron chi connectivity index (χ0n) is 8.50. The van der Waals surface area contributed by atoms with Crippen LogP contribution >= 0.6 is 0 Å². The number of carbonyl (C=O) groups excluding carboxylic acids is 1. The summed E-state index contributed by atoms with van der Waals surface area (Å²) < 4.78 is 29.3. The van der Waals surface area contributed by atoms with Crippen LogP contribution in [-0.4, -0.2) is 21.5 Å². The van der Waals surface area contributed by atoms with Crippen LogP contribution in [0.4, 0.5) is 0 Å². The van der Waals surface area contributed by atoms with Gasteiger partial charge in [0, 0.05) is 0 Å². The van der Waals surface area contributed by atoms with Crippen LogP contribution in [0.2, 0.25) is 0 Å². The molecule has 0 aliphatic rings. The van der Waals surface area contributed by atoms with Gasteiger partial charge in [-0.2, -0.15) is 12.7 Å². The minimum atomic E-state index is -3.85. The number of sulfonamides is 1. The second kappa shape index (κ2) is 4.77. The van der Waals surface area contributed by atoms with E-state index in [0.29, 0.717) is 0 Å². The number of carbonyl (C=O) groups is 1. The van der Waals surface area contributed by atoms with Crippen LogP contribution in [0.5, 0.6) is 0 Å². The standard InChI is InChI=1S/C10H9NO4S/c1-11-16(13,14)7-8-5-3-4-6-9(8)10(12)15-2/h3-6H,7H2,2H3. The van der Waals surface area contributed by atoms with Gasteiger partial charge in [0.05, 0.1) is 12.7 Å². The zero-order chi connectivity index (χ0) is 12.2. The van der Waals surface area contributed by atoms with Crippen molar-refractivity contribution in [2.75, 3.05) is 7.11 Å². The van der Waals surface area contributed by atoms with E-state index >= 15 is 0 Å². The summed E-state index contributed by atoms with van der Waals surface area (Å²) in [6, 6.07) is 6.14. The van der Waals surface area contributed by atoms with Crippen LogP contribution in [0.3, 0.4) is 0 Å². The molecule has 0 unspecified atom stereocenters. The molecule has 0 aliphatic carbocycles. The predicted molar refractivity (Wildman–Crippen MR) is 57.0 cm³/mol. The minimum Gasteiger partial charge on any atom is -0.465 e. The fourth-order valence-electron chi connectivity index (χ4n) is 1.18. The minimum absolute atomic E-state index is 0.164. The zero-order valence-corrected chi connectivity index (χ0v) is 9.32. The maximum Gasteiger partial charge on any atom is 0.441 e. The average molecular weight is 239 g/mol. The number of nitrogens with zero attached hydrogens (tertiary/aromatic N) is 1. The lowest BCUT2D eigenvalue weighted by atomic mass is 10.1. The molecule has 1 aromatic carbocycles. The molecule has 0 radical (unpaired) electrons. The first-order valence-electron chi connectivity index (χ1n) is 4.28. The smallest absolute Gasteiger partial charge is 0.441 e.